The van der Waals surface area contributed by atoms with Crippen molar-refractivity contribution < 1.29 is 11.0 Å². The van der Waals surface area contributed by atoms with Crippen LogP contribution in [0.25, 0.3) is 11.3 Å². The lowest BCUT2D eigenvalue weighted by molar-refractivity contribution is 0.0682. The molecule has 0 bridgehead atoms. The summed E-state index contributed by atoms with van der Waals surface area (Å²) in [6.07, 6.45) is 8.56. The van der Waals surface area contributed by atoms with Crippen molar-refractivity contribution in [3.8, 4) is 17.3 Å². The second kappa shape index (κ2) is 9.64. The zero-order valence-corrected chi connectivity index (χ0v) is 21.8. The lowest BCUT2D eigenvalue weighted by Gasteiger charge is -2.43. The molecule has 3 fully saturated rings. The quantitative estimate of drug-likeness (QED) is 0.421. The standard InChI is InChI=1S/C28H34N8O2.H2/c1-31-26(37)35-10-7-28(34-21-5-11-38-12-6-21)16-27(28,17-35)25(30)36-9-2-3-19-13-22(20(15-29)14-24(19)36)23-4-8-32-18-33-23;/h4,8,13-14,18,21,30,34H,2-3,5-7,9-12,16-17H2,1H3,(H,31,37);1H. The molecule has 2 aromatic rings. The minimum atomic E-state index is -0.469. The maximum absolute atomic E-state index is 12.7. The number of aryl methyl sites for hydroxylation is 1. The highest BCUT2D eigenvalue weighted by Crippen LogP contribution is 2.63. The van der Waals surface area contributed by atoms with E-state index < -0.39 is 5.41 Å². The number of nitrogens with one attached hydrogen (secondary N) is 3. The van der Waals surface area contributed by atoms with Crippen LogP contribution in [0.3, 0.4) is 0 Å². The number of ether oxygens (including phenoxy) is 1. The lowest BCUT2D eigenvalue weighted by atomic mass is 9.87. The van der Waals surface area contributed by atoms with Gasteiger partial charge in [-0.3, -0.25) is 5.41 Å². The molecule has 4 heterocycles. The molecule has 1 aromatic heterocycles. The van der Waals surface area contributed by atoms with Crippen LogP contribution < -0.4 is 15.5 Å². The SMILES string of the molecule is CNC(=O)N1CCC2(NC3CCOCC3)CC2(C(=N)N2CCCc3cc(-c4ccncn4)c(C#N)cc32)C1.[HH]. The number of benzene rings is 1. The van der Waals surface area contributed by atoms with Gasteiger partial charge in [0.15, 0.2) is 0 Å². The summed E-state index contributed by atoms with van der Waals surface area (Å²) in [4.78, 5) is 25.0. The van der Waals surface area contributed by atoms with Crippen LogP contribution in [0, 0.1) is 22.2 Å². The number of fused-ring (bicyclic) bond motifs is 2. The number of nitrogens with zero attached hydrogens (tertiary/aromatic N) is 5. The van der Waals surface area contributed by atoms with Gasteiger partial charge >= 0.3 is 6.03 Å². The fourth-order valence-corrected chi connectivity index (χ4v) is 6.82. The number of hydrogen-bond acceptors (Lipinski definition) is 7. The molecule has 3 N–H and O–H groups in total. The highest BCUT2D eigenvalue weighted by molar-refractivity contribution is 6.05. The Balaban J connectivity index is 0.00000308. The van der Waals surface area contributed by atoms with E-state index in [0.717, 1.165) is 80.8 Å². The van der Waals surface area contributed by atoms with E-state index in [1.807, 2.05) is 17.0 Å². The first kappa shape index (κ1) is 24.8. The first-order valence-corrected chi connectivity index (χ1v) is 13.5. The van der Waals surface area contributed by atoms with E-state index in [2.05, 4.69) is 37.6 Å². The van der Waals surface area contributed by atoms with Crippen molar-refractivity contribution in [1.29, 1.82) is 10.7 Å². The molecule has 2 atom stereocenters. The number of aromatic nitrogens is 2. The number of amidine groups is 1. The summed E-state index contributed by atoms with van der Waals surface area (Å²) >= 11 is 0. The predicted molar refractivity (Wildman–Crippen MR) is 145 cm³/mol. The van der Waals surface area contributed by atoms with Gasteiger partial charge in [0, 0.05) is 70.4 Å². The number of rotatable bonds is 4. The molecular weight excluding hydrogens is 480 g/mol. The molecule has 10 heteroatoms. The minimum Gasteiger partial charge on any atom is -0.381 e. The van der Waals surface area contributed by atoms with Gasteiger partial charge < -0.3 is 25.2 Å². The van der Waals surface area contributed by atoms with Crippen molar-refractivity contribution in [2.45, 2.75) is 50.1 Å². The molecule has 6 rings (SSSR count). The number of nitriles is 1. The van der Waals surface area contributed by atoms with Crippen LogP contribution in [-0.4, -0.2) is 78.2 Å². The molecule has 1 saturated carbocycles. The van der Waals surface area contributed by atoms with E-state index in [4.69, 9.17) is 4.74 Å². The van der Waals surface area contributed by atoms with Gasteiger partial charge in [-0.15, -0.1) is 0 Å². The summed E-state index contributed by atoms with van der Waals surface area (Å²) in [6, 6.07) is 8.42. The second-order valence-corrected chi connectivity index (χ2v) is 10.9. The van der Waals surface area contributed by atoms with Gasteiger partial charge in [-0.2, -0.15) is 5.26 Å². The zero-order chi connectivity index (χ0) is 26.3. The molecule has 2 amide bonds. The molecule has 2 unspecified atom stereocenters. The largest absolute Gasteiger partial charge is 0.381 e. The summed E-state index contributed by atoms with van der Waals surface area (Å²) in [5.74, 6) is 0.547. The molecule has 2 saturated heterocycles. The van der Waals surface area contributed by atoms with Crippen molar-refractivity contribution in [3.63, 3.8) is 0 Å². The van der Waals surface area contributed by atoms with Gasteiger partial charge in [0.05, 0.1) is 22.7 Å². The maximum Gasteiger partial charge on any atom is 0.317 e. The van der Waals surface area contributed by atoms with Crippen molar-refractivity contribution in [1.82, 2.24) is 25.5 Å². The number of carbonyl (C=O) groups excluding carboxylic acids is 1. The maximum atomic E-state index is 12.7. The van der Waals surface area contributed by atoms with E-state index in [9.17, 15) is 15.5 Å². The summed E-state index contributed by atoms with van der Waals surface area (Å²) in [6.45, 7) is 3.42. The number of hydrogen-bond donors (Lipinski definition) is 3. The molecule has 1 aliphatic carbocycles. The number of amides is 2. The fourth-order valence-electron chi connectivity index (χ4n) is 6.82. The van der Waals surface area contributed by atoms with Gasteiger partial charge in [-0.05, 0) is 62.3 Å². The van der Waals surface area contributed by atoms with Crippen LogP contribution in [-0.2, 0) is 11.2 Å². The fraction of sp³-hybridized carbons (Fsp3) is 0.536. The van der Waals surface area contributed by atoms with Crippen LogP contribution in [0.4, 0.5) is 10.5 Å². The van der Waals surface area contributed by atoms with Crippen LogP contribution in [0.5, 0.6) is 0 Å². The molecule has 0 spiro atoms. The third-order valence-corrected chi connectivity index (χ3v) is 8.91. The van der Waals surface area contributed by atoms with Crippen LogP contribution >= 0.6 is 0 Å². The lowest BCUT2D eigenvalue weighted by Crippen LogP contribution is -2.59. The number of urea groups is 1. The Kier molecular flexibility index (Phi) is 6.28. The smallest absolute Gasteiger partial charge is 0.317 e. The third kappa shape index (κ3) is 4.01. The second-order valence-electron chi connectivity index (χ2n) is 10.9. The van der Waals surface area contributed by atoms with Crippen molar-refractivity contribution in [3.05, 3.63) is 41.9 Å². The zero-order valence-electron chi connectivity index (χ0n) is 21.8. The predicted octanol–water partition coefficient (Wildman–Crippen LogP) is 2.93. The topological polar surface area (TPSA) is 130 Å². The Bertz CT molecular complexity index is 1290. The molecular formula is C28H36N8O2. The normalized spacial score (nSPS) is 26.6. The van der Waals surface area contributed by atoms with Crippen LogP contribution in [0.1, 0.15) is 44.7 Å². The number of carbonyl (C=O) groups is 1. The summed E-state index contributed by atoms with van der Waals surface area (Å²) in [7, 11) is 1.66. The molecule has 10 nitrogen and oxygen atoms in total. The van der Waals surface area contributed by atoms with E-state index in [1.54, 1.807) is 13.2 Å². The van der Waals surface area contributed by atoms with Gasteiger partial charge in [0.25, 0.3) is 0 Å². The average molecular weight is 517 g/mol. The van der Waals surface area contributed by atoms with E-state index in [-0.39, 0.29) is 13.0 Å². The summed E-state index contributed by atoms with van der Waals surface area (Å²) < 4.78 is 5.58. The van der Waals surface area contributed by atoms with Crippen molar-refractivity contribution in [2.75, 3.05) is 44.8 Å². The number of likely N-dealkylation sites (tertiary alicyclic amines) is 1. The monoisotopic (exact) mass is 516 g/mol. The summed E-state index contributed by atoms with van der Waals surface area (Å²) in [5, 5.41) is 26.4. The van der Waals surface area contributed by atoms with E-state index >= 15 is 0 Å². The molecule has 200 valence electrons. The van der Waals surface area contributed by atoms with Gasteiger partial charge in [-0.25, -0.2) is 14.8 Å². The summed E-state index contributed by atoms with van der Waals surface area (Å²) in [5.41, 5.74) is 3.43. The highest BCUT2D eigenvalue weighted by atomic mass is 16.5. The number of anilines is 1. The molecule has 3 aliphatic heterocycles. The minimum absolute atomic E-state index is 0. The Hall–Kier alpha value is -3.55. The number of piperidine rings is 1. The van der Waals surface area contributed by atoms with Gasteiger partial charge in [0.2, 0.25) is 0 Å². The molecule has 38 heavy (non-hydrogen) atoms. The van der Waals surface area contributed by atoms with Crippen molar-refractivity contribution in [2.24, 2.45) is 5.41 Å². The molecule has 4 aliphatic rings. The Labute approximate surface area is 224 Å². The first-order valence-electron chi connectivity index (χ1n) is 13.5. The van der Waals surface area contributed by atoms with Crippen molar-refractivity contribution >= 4 is 17.6 Å². The molecule has 0 radical (unpaired) electrons. The third-order valence-electron chi connectivity index (χ3n) is 8.91. The Morgan fingerprint density at radius 2 is 2.16 bits per heavy atom. The van der Waals surface area contributed by atoms with Crippen LogP contribution in [0.2, 0.25) is 0 Å². The average Bonchev–Trinajstić information content (AvgIpc) is 3.65. The van der Waals surface area contributed by atoms with Gasteiger partial charge in [0.1, 0.15) is 12.2 Å². The van der Waals surface area contributed by atoms with Crippen LogP contribution in [0.15, 0.2) is 30.7 Å². The Morgan fingerprint density at radius 3 is 2.89 bits per heavy atom. The molecule has 1 aromatic carbocycles. The first-order chi connectivity index (χ1) is 18.5. The van der Waals surface area contributed by atoms with Gasteiger partial charge in [-0.1, -0.05) is 0 Å². The van der Waals surface area contributed by atoms with E-state index in [0.29, 0.717) is 30.5 Å². The Morgan fingerprint density at radius 1 is 1.32 bits per heavy atom. The highest BCUT2D eigenvalue weighted by Gasteiger charge is 2.73. The van der Waals surface area contributed by atoms with E-state index in [1.165, 1.54) is 6.33 Å².